The molecule has 8 nitrogen and oxygen atoms in total. The maximum atomic E-state index is 13.3. The summed E-state index contributed by atoms with van der Waals surface area (Å²) in [7, 11) is -3.81. The van der Waals surface area contributed by atoms with Crippen molar-refractivity contribution in [2.24, 2.45) is 5.92 Å². The van der Waals surface area contributed by atoms with E-state index in [-0.39, 0.29) is 47.9 Å². The molecule has 1 aromatic carbocycles. The highest BCUT2D eigenvalue weighted by molar-refractivity contribution is 7.89. The molecule has 0 saturated carbocycles. The first-order valence-electron chi connectivity index (χ1n) is 9.60. The number of nitrogens with zero attached hydrogens (tertiary/aromatic N) is 1. The Kier molecular flexibility index (Phi) is 8.06. The van der Waals surface area contributed by atoms with Crippen LogP contribution >= 0.6 is 11.6 Å². The van der Waals surface area contributed by atoms with E-state index in [0.717, 1.165) is 12.1 Å². The number of alkyl carbamates (subject to hydrolysis) is 1. The number of hydrogen-bond acceptors (Lipinski definition) is 5. The van der Waals surface area contributed by atoms with Crippen molar-refractivity contribution in [2.75, 3.05) is 26.2 Å². The van der Waals surface area contributed by atoms with Gasteiger partial charge in [-0.3, -0.25) is 4.79 Å². The third-order valence-corrected chi connectivity index (χ3v) is 6.63. The van der Waals surface area contributed by atoms with Crippen LogP contribution in [-0.2, 0) is 19.6 Å². The van der Waals surface area contributed by atoms with Crippen LogP contribution in [0.1, 0.15) is 33.6 Å². The van der Waals surface area contributed by atoms with Gasteiger partial charge in [0, 0.05) is 32.1 Å². The Morgan fingerprint density at radius 3 is 2.37 bits per heavy atom. The van der Waals surface area contributed by atoms with Crippen molar-refractivity contribution in [1.29, 1.82) is 0 Å². The average Bonchev–Trinajstić information content (AvgIpc) is 2.66. The number of halogens is 2. The van der Waals surface area contributed by atoms with Gasteiger partial charge in [0.15, 0.2) is 0 Å². The summed E-state index contributed by atoms with van der Waals surface area (Å²) in [5.41, 5.74) is -0.596. The number of benzene rings is 1. The highest BCUT2D eigenvalue weighted by Crippen LogP contribution is 2.26. The van der Waals surface area contributed by atoms with Crippen LogP contribution in [0.3, 0.4) is 0 Å². The van der Waals surface area contributed by atoms with E-state index in [1.165, 1.54) is 10.4 Å². The van der Waals surface area contributed by atoms with Gasteiger partial charge in [0.1, 0.15) is 11.4 Å². The van der Waals surface area contributed by atoms with E-state index >= 15 is 0 Å². The lowest BCUT2D eigenvalue weighted by molar-refractivity contribution is -0.126. The van der Waals surface area contributed by atoms with E-state index in [1.807, 2.05) is 0 Å². The molecule has 0 aromatic heterocycles. The van der Waals surface area contributed by atoms with Crippen LogP contribution in [0.4, 0.5) is 9.18 Å². The standard InChI is InChI=1S/C19H27ClFN3O5S/c1-19(2,3)29-18(26)23-9-8-22-17(25)13-6-10-24(11-7-13)30(27,28)14-4-5-16(21)15(20)12-14/h4-5,12-13H,6-11H2,1-3H3,(H,22,25)(H,23,26). The van der Waals surface area contributed by atoms with Crippen LogP contribution in [0.15, 0.2) is 23.1 Å². The maximum absolute atomic E-state index is 13.3. The van der Waals surface area contributed by atoms with Crippen LogP contribution in [0.5, 0.6) is 0 Å². The minimum Gasteiger partial charge on any atom is -0.444 e. The number of piperidine rings is 1. The van der Waals surface area contributed by atoms with E-state index in [1.54, 1.807) is 20.8 Å². The summed E-state index contributed by atoms with van der Waals surface area (Å²) in [5.74, 6) is -1.20. The third kappa shape index (κ3) is 6.82. The summed E-state index contributed by atoms with van der Waals surface area (Å²) in [6.07, 6.45) is 0.162. The van der Waals surface area contributed by atoms with Crippen LogP contribution < -0.4 is 10.6 Å². The number of nitrogens with one attached hydrogen (secondary N) is 2. The van der Waals surface area contributed by atoms with E-state index in [9.17, 15) is 22.4 Å². The van der Waals surface area contributed by atoms with Crippen LogP contribution in [0.25, 0.3) is 0 Å². The number of rotatable bonds is 6. The van der Waals surface area contributed by atoms with Crippen molar-refractivity contribution in [3.05, 3.63) is 29.0 Å². The molecule has 168 valence electrons. The smallest absolute Gasteiger partial charge is 0.407 e. The fraction of sp³-hybridized carbons (Fsp3) is 0.579. The lowest BCUT2D eigenvalue weighted by Gasteiger charge is -2.30. The summed E-state index contributed by atoms with van der Waals surface area (Å²) < 4.78 is 45.1. The molecule has 1 heterocycles. The van der Waals surface area contributed by atoms with Crippen molar-refractivity contribution in [2.45, 2.75) is 44.1 Å². The zero-order chi connectivity index (χ0) is 22.5. The van der Waals surface area contributed by atoms with Gasteiger partial charge in [0.25, 0.3) is 0 Å². The van der Waals surface area contributed by atoms with Crippen LogP contribution in [0.2, 0.25) is 5.02 Å². The molecule has 2 rings (SSSR count). The second kappa shape index (κ2) is 9.93. The molecular formula is C19H27ClFN3O5S. The van der Waals surface area contributed by atoms with Gasteiger partial charge in [-0.05, 0) is 51.8 Å². The molecule has 1 aliphatic heterocycles. The molecule has 0 unspecified atom stereocenters. The highest BCUT2D eigenvalue weighted by atomic mass is 35.5. The Labute approximate surface area is 181 Å². The Morgan fingerprint density at radius 2 is 1.80 bits per heavy atom. The Balaban J connectivity index is 1.78. The van der Waals surface area contributed by atoms with Crippen LogP contribution in [0, 0.1) is 11.7 Å². The molecule has 0 bridgehead atoms. The number of amides is 2. The van der Waals surface area contributed by atoms with Gasteiger partial charge in [0.05, 0.1) is 9.92 Å². The van der Waals surface area contributed by atoms with Crippen molar-refractivity contribution in [3.8, 4) is 0 Å². The molecule has 2 N–H and O–H groups in total. The summed E-state index contributed by atoms with van der Waals surface area (Å²) in [6.45, 7) is 6.07. The van der Waals surface area contributed by atoms with Crippen molar-refractivity contribution >= 4 is 33.6 Å². The largest absolute Gasteiger partial charge is 0.444 e. The van der Waals surface area contributed by atoms with Crippen LogP contribution in [-0.4, -0.2) is 56.5 Å². The predicted molar refractivity (Wildman–Crippen MR) is 110 cm³/mol. The van der Waals surface area contributed by atoms with Crippen molar-refractivity contribution in [3.63, 3.8) is 0 Å². The van der Waals surface area contributed by atoms with E-state index in [4.69, 9.17) is 16.3 Å². The van der Waals surface area contributed by atoms with Gasteiger partial charge in [0.2, 0.25) is 15.9 Å². The molecule has 1 saturated heterocycles. The quantitative estimate of drug-likeness (QED) is 0.631. The lowest BCUT2D eigenvalue weighted by atomic mass is 9.97. The molecule has 0 radical (unpaired) electrons. The SMILES string of the molecule is CC(C)(C)OC(=O)NCCNC(=O)C1CCN(S(=O)(=O)c2ccc(F)c(Cl)c2)CC1. The molecule has 2 amide bonds. The van der Waals surface area contributed by atoms with Crippen molar-refractivity contribution in [1.82, 2.24) is 14.9 Å². The zero-order valence-electron chi connectivity index (χ0n) is 17.2. The van der Waals surface area contributed by atoms with Gasteiger partial charge < -0.3 is 15.4 Å². The molecule has 1 fully saturated rings. The van der Waals surface area contributed by atoms with Gasteiger partial charge in [-0.15, -0.1) is 0 Å². The van der Waals surface area contributed by atoms with Gasteiger partial charge in [-0.25, -0.2) is 17.6 Å². The Morgan fingerprint density at radius 1 is 1.20 bits per heavy atom. The fourth-order valence-electron chi connectivity index (χ4n) is 2.95. The average molecular weight is 464 g/mol. The summed E-state index contributed by atoms with van der Waals surface area (Å²) in [5, 5.41) is 5.02. The maximum Gasteiger partial charge on any atom is 0.407 e. The van der Waals surface area contributed by atoms with Gasteiger partial charge in [-0.2, -0.15) is 4.31 Å². The number of carbonyl (C=O) groups excluding carboxylic acids is 2. The number of hydrogen-bond donors (Lipinski definition) is 2. The molecule has 0 atom stereocenters. The monoisotopic (exact) mass is 463 g/mol. The normalized spacial score (nSPS) is 16.2. The van der Waals surface area contributed by atoms with E-state index in [0.29, 0.717) is 12.8 Å². The molecule has 11 heteroatoms. The van der Waals surface area contributed by atoms with Gasteiger partial charge >= 0.3 is 6.09 Å². The first-order valence-corrected chi connectivity index (χ1v) is 11.4. The molecule has 1 aliphatic rings. The molecule has 1 aromatic rings. The first kappa shape index (κ1) is 24.4. The molecule has 0 aliphatic carbocycles. The number of sulfonamides is 1. The number of carbonyl (C=O) groups is 2. The summed E-state index contributed by atoms with van der Waals surface area (Å²) >= 11 is 5.69. The Bertz CT molecular complexity index is 881. The molecule has 30 heavy (non-hydrogen) atoms. The third-order valence-electron chi connectivity index (χ3n) is 4.45. The fourth-order valence-corrected chi connectivity index (χ4v) is 4.70. The van der Waals surface area contributed by atoms with Crippen molar-refractivity contribution < 1.29 is 27.1 Å². The lowest BCUT2D eigenvalue weighted by Crippen LogP contribution is -2.44. The van der Waals surface area contributed by atoms with E-state index in [2.05, 4.69) is 10.6 Å². The zero-order valence-corrected chi connectivity index (χ0v) is 18.8. The molecule has 0 spiro atoms. The predicted octanol–water partition coefficient (Wildman–Crippen LogP) is 2.52. The highest BCUT2D eigenvalue weighted by Gasteiger charge is 2.32. The van der Waals surface area contributed by atoms with E-state index < -0.39 is 27.5 Å². The molecular weight excluding hydrogens is 437 g/mol. The van der Waals surface area contributed by atoms with Gasteiger partial charge in [-0.1, -0.05) is 11.6 Å². The second-order valence-electron chi connectivity index (χ2n) is 7.97. The first-order chi connectivity index (χ1) is 13.9. The Hall–Kier alpha value is -1.91. The number of ether oxygens (including phenoxy) is 1. The minimum absolute atomic E-state index is 0.0787. The summed E-state index contributed by atoms with van der Waals surface area (Å²) in [4.78, 5) is 23.8. The minimum atomic E-state index is -3.81. The summed E-state index contributed by atoms with van der Waals surface area (Å²) in [6, 6.07) is 3.27. The second-order valence-corrected chi connectivity index (χ2v) is 10.3. The topological polar surface area (TPSA) is 105 Å².